The lowest BCUT2D eigenvalue weighted by atomic mass is 10.0. The highest BCUT2D eigenvalue weighted by molar-refractivity contribution is 8.14. The second-order valence-corrected chi connectivity index (χ2v) is 8.31. The molecule has 2 amide bonds. The van der Waals surface area contributed by atoms with Gasteiger partial charge in [-0.3, -0.25) is 19.9 Å². The lowest BCUT2D eigenvalue weighted by Gasteiger charge is -2.32. The number of hydrogen-bond donors (Lipinski definition) is 3. The van der Waals surface area contributed by atoms with Crippen LogP contribution < -0.4 is 25.8 Å². The molecule has 31 heavy (non-hydrogen) atoms. The van der Waals surface area contributed by atoms with Gasteiger partial charge < -0.3 is 10.1 Å². The zero-order valence-corrected chi connectivity index (χ0v) is 18.4. The van der Waals surface area contributed by atoms with Crippen molar-refractivity contribution in [1.29, 1.82) is 0 Å². The first kappa shape index (κ1) is 21.6. The van der Waals surface area contributed by atoms with E-state index in [1.54, 1.807) is 53.4 Å². The summed E-state index contributed by atoms with van der Waals surface area (Å²) in [6.07, 6.45) is -0.354. The van der Waals surface area contributed by atoms with Crippen LogP contribution in [0.25, 0.3) is 0 Å². The van der Waals surface area contributed by atoms with Crippen LogP contribution in [0.2, 0.25) is 5.02 Å². The van der Waals surface area contributed by atoms with Crippen LogP contribution in [0, 0.1) is 5.92 Å². The smallest absolute Gasteiger partial charge is 0.241 e. The van der Waals surface area contributed by atoms with Gasteiger partial charge in [0.1, 0.15) is 11.9 Å². The summed E-state index contributed by atoms with van der Waals surface area (Å²) in [6.45, 7) is 2.99. The van der Waals surface area contributed by atoms with E-state index in [0.29, 0.717) is 34.7 Å². The minimum atomic E-state index is -0.354. The Morgan fingerprint density at radius 3 is 2.71 bits per heavy atom. The number of nitrogens with one attached hydrogen (secondary N) is 3. The number of nitrogens with zero attached hydrogens (tertiary/aromatic N) is 2. The van der Waals surface area contributed by atoms with Gasteiger partial charge in [-0.1, -0.05) is 23.4 Å². The van der Waals surface area contributed by atoms with Gasteiger partial charge in [-0.2, -0.15) is 0 Å². The molecule has 0 aromatic heterocycles. The third-order valence-electron chi connectivity index (χ3n) is 4.80. The maximum atomic E-state index is 13.1. The number of halogens is 1. The lowest BCUT2D eigenvalue weighted by Crippen LogP contribution is -2.49. The van der Waals surface area contributed by atoms with E-state index in [1.165, 1.54) is 11.8 Å². The largest absolute Gasteiger partial charge is 0.494 e. The Balaban J connectivity index is 1.46. The van der Waals surface area contributed by atoms with Crippen molar-refractivity contribution in [1.82, 2.24) is 10.9 Å². The summed E-state index contributed by atoms with van der Waals surface area (Å²) in [7, 11) is 0. The highest BCUT2D eigenvalue weighted by Gasteiger charge is 2.42. The highest BCUT2D eigenvalue weighted by Crippen LogP contribution is 2.30. The fraction of sp³-hybridized carbons (Fsp3) is 0.286. The molecular formula is C21H22ClN5O3S. The third-order valence-corrected chi connectivity index (χ3v) is 6.00. The van der Waals surface area contributed by atoms with Gasteiger partial charge in [0.25, 0.3) is 0 Å². The number of amides is 2. The Hall–Kier alpha value is -2.59. The summed E-state index contributed by atoms with van der Waals surface area (Å²) < 4.78 is 5.41. The zero-order valence-electron chi connectivity index (χ0n) is 16.8. The summed E-state index contributed by atoms with van der Waals surface area (Å²) in [5, 5.41) is 3.90. The molecule has 2 aromatic rings. The van der Waals surface area contributed by atoms with Gasteiger partial charge in [-0.05, 0) is 55.5 Å². The minimum absolute atomic E-state index is 0.0748. The van der Waals surface area contributed by atoms with Crippen molar-refractivity contribution in [2.24, 2.45) is 10.9 Å². The molecule has 0 spiro atoms. The molecule has 2 heterocycles. The SMILES string of the molecule is CCOc1ccc(NC(=O)CSC2=NC3NNCC3C(=O)N2c2ccc(Cl)cc2)cc1. The predicted octanol–water partition coefficient (Wildman–Crippen LogP) is 2.86. The highest BCUT2D eigenvalue weighted by atomic mass is 35.5. The molecule has 2 aliphatic heterocycles. The topological polar surface area (TPSA) is 95.1 Å². The second kappa shape index (κ2) is 9.69. The Bertz CT molecular complexity index is 984. The van der Waals surface area contributed by atoms with E-state index in [-0.39, 0.29) is 29.7 Å². The van der Waals surface area contributed by atoms with E-state index in [2.05, 4.69) is 21.2 Å². The van der Waals surface area contributed by atoms with Crippen LogP contribution in [-0.2, 0) is 9.59 Å². The number of anilines is 2. The molecule has 1 saturated heterocycles. The van der Waals surface area contributed by atoms with E-state index in [1.807, 2.05) is 6.92 Å². The number of ether oxygens (including phenoxy) is 1. The van der Waals surface area contributed by atoms with Gasteiger partial charge in [-0.25, -0.2) is 10.4 Å². The van der Waals surface area contributed by atoms with E-state index < -0.39 is 0 Å². The first-order valence-electron chi connectivity index (χ1n) is 9.86. The number of hydrazine groups is 1. The normalized spacial score (nSPS) is 20.3. The maximum absolute atomic E-state index is 13.1. The van der Waals surface area contributed by atoms with E-state index in [9.17, 15) is 9.59 Å². The molecule has 2 atom stereocenters. The quantitative estimate of drug-likeness (QED) is 0.615. The number of benzene rings is 2. The van der Waals surface area contributed by atoms with Gasteiger partial charge in [0, 0.05) is 17.3 Å². The lowest BCUT2D eigenvalue weighted by molar-refractivity contribution is -0.121. The predicted molar refractivity (Wildman–Crippen MR) is 123 cm³/mol. The first-order valence-corrected chi connectivity index (χ1v) is 11.2. The number of carbonyl (C=O) groups is 2. The summed E-state index contributed by atoms with van der Waals surface area (Å²) in [5.41, 5.74) is 7.33. The fourth-order valence-corrected chi connectivity index (χ4v) is 4.30. The molecule has 2 unspecified atom stereocenters. The van der Waals surface area contributed by atoms with Gasteiger partial charge in [0.2, 0.25) is 11.8 Å². The molecule has 0 bridgehead atoms. The molecule has 3 N–H and O–H groups in total. The number of hydrogen-bond acceptors (Lipinski definition) is 7. The molecule has 10 heteroatoms. The average molecular weight is 460 g/mol. The molecule has 2 aromatic carbocycles. The van der Waals surface area contributed by atoms with Gasteiger partial charge in [-0.15, -0.1) is 0 Å². The van der Waals surface area contributed by atoms with Crippen LogP contribution in [0.15, 0.2) is 53.5 Å². The van der Waals surface area contributed by atoms with Crippen molar-refractivity contribution in [3.63, 3.8) is 0 Å². The molecule has 2 aliphatic rings. The van der Waals surface area contributed by atoms with Gasteiger partial charge in [0.15, 0.2) is 5.17 Å². The number of amidine groups is 1. The summed E-state index contributed by atoms with van der Waals surface area (Å²) in [4.78, 5) is 31.8. The second-order valence-electron chi connectivity index (χ2n) is 6.93. The van der Waals surface area contributed by atoms with Crippen molar-refractivity contribution in [2.75, 3.05) is 29.1 Å². The number of rotatable bonds is 6. The Morgan fingerprint density at radius 2 is 2.00 bits per heavy atom. The Morgan fingerprint density at radius 1 is 1.26 bits per heavy atom. The van der Waals surface area contributed by atoms with Gasteiger partial charge in [0.05, 0.1) is 24.0 Å². The van der Waals surface area contributed by atoms with Gasteiger partial charge >= 0.3 is 0 Å². The van der Waals surface area contributed by atoms with Crippen LogP contribution in [0.4, 0.5) is 11.4 Å². The molecule has 0 aliphatic carbocycles. The van der Waals surface area contributed by atoms with Crippen molar-refractivity contribution < 1.29 is 14.3 Å². The monoisotopic (exact) mass is 459 g/mol. The van der Waals surface area contributed by atoms with Crippen LogP contribution in [0.1, 0.15) is 6.92 Å². The number of aliphatic imine (C=N–C) groups is 1. The number of thioether (sulfide) groups is 1. The Kier molecular flexibility index (Phi) is 6.77. The van der Waals surface area contributed by atoms with E-state index in [4.69, 9.17) is 16.3 Å². The molecule has 4 rings (SSSR count). The molecule has 0 radical (unpaired) electrons. The average Bonchev–Trinajstić information content (AvgIpc) is 3.24. The van der Waals surface area contributed by atoms with Crippen molar-refractivity contribution in [3.8, 4) is 5.75 Å². The summed E-state index contributed by atoms with van der Waals surface area (Å²) in [5.74, 6) is 0.275. The van der Waals surface area contributed by atoms with E-state index in [0.717, 1.165) is 5.75 Å². The van der Waals surface area contributed by atoms with Crippen LogP contribution in [0.5, 0.6) is 5.75 Å². The third kappa shape index (κ3) is 5.01. The van der Waals surface area contributed by atoms with E-state index >= 15 is 0 Å². The summed E-state index contributed by atoms with van der Waals surface area (Å²) in [6, 6.07) is 14.2. The standard InChI is InChI=1S/C21H22ClN5O3S/c1-2-30-16-9-5-14(6-10-16)24-18(28)12-31-21-25-19-17(11-23-26-19)20(29)27(21)15-7-3-13(22)4-8-15/h3-10,17,19,23,26H,2,11-12H2,1H3,(H,24,28). The van der Waals surface area contributed by atoms with Crippen LogP contribution >= 0.6 is 23.4 Å². The first-order chi connectivity index (χ1) is 15.0. The molecule has 8 nitrogen and oxygen atoms in total. The number of carbonyl (C=O) groups excluding carboxylic acids is 2. The fourth-order valence-electron chi connectivity index (χ4n) is 3.33. The van der Waals surface area contributed by atoms with Crippen LogP contribution in [0.3, 0.4) is 0 Å². The minimum Gasteiger partial charge on any atom is -0.494 e. The molecule has 162 valence electrons. The van der Waals surface area contributed by atoms with Crippen molar-refractivity contribution in [2.45, 2.75) is 13.1 Å². The van der Waals surface area contributed by atoms with Crippen molar-refractivity contribution >= 4 is 51.7 Å². The molecule has 0 saturated carbocycles. The van der Waals surface area contributed by atoms with Crippen molar-refractivity contribution in [3.05, 3.63) is 53.6 Å². The Labute approximate surface area is 189 Å². The zero-order chi connectivity index (χ0) is 21.8. The number of fused-ring (bicyclic) bond motifs is 1. The molecule has 1 fully saturated rings. The molecular weight excluding hydrogens is 438 g/mol. The summed E-state index contributed by atoms with van der Waals surface area (Å²) >= 11 is 7.21. The van der Waals surface area contributed by atoms with Crippen LogP contribution in [-0.4, -0.2) is 42.1 Å². The maximum Gasteiger partial charge on any atom is 0.241 e.